The molecule has 2 heterocycles. The molecule has 0 amide bonds. The highest BCUT2D eigenvalue weighted by molar-refractivity contribution is 5.80. The molecule has 0 radical (unpaired) electrons. The number of guanidine groups is 1. The second kappa shape index (κ2) is 8.05. The first-order chi connectivity index (χ1) is 13.3. The van der Waals surface area contributed by atoms with E-state index < -0.39 is 0 Å². The van der Waals surface area contributed by atoms with Crippen LogP contribution in [-0.2, 0) is 11.2 Å². The van der Waals surface area contributed by atoms with Gasteiger partial charge in [-0.3, -0.25) is 0 Å². The maximum atomic E-state index is 6.05. The van der Waals surface area contributed by atoms with Crippen LogP contribution in [0.1, 0.15) is 11.3 Å². The van der Waals surface area contributed by atoms with Crippen molar-refractivity contribution in [1.29, 1.82) is 0 Å². The second-order valence-corrected chi connectivity index (χ2v) is 6.47. The first-order valence-corrected chi connectivity index (χ1v) is 9.05. The third-order valence-corrected chi connectivity index (χ3v) is 4.55. The zero-order valence-corrected chi connectivity index (χ0v) is 15.0. The fourth-order valence-corrected chi connectivity index (χ4v) is 3.07. The predicted molar refractivity (Wildman–Crippen MR) is 105 cm³/mol. The van der Waals surface area contributed by atoms with Gasteiger partial charge in [-0.2, -0.15) is 4.99 Å². The Kier molecular flexibility index (Phi) is 5.16. The highest BCUT2D eigenvalue weighted by Crippen LogP contribution is 2.21. The lowest BCUT2D eigenvalue weighted by Gasteiger charge is -2.27. The molecule has 0 saturated carbocycles. The molecule has 6 nitrogen and oxygen atoms in total. The van der Waals surface area contributed by atoms with E-state index in [0.717, 1.165) is 18.8 Å². The quantitative estimate of drug-likeness (QED) is 0.570. The van der Waals surface area contributed by atoms with Crippen molar-refractivity contribution < 1.29 is 9.26 Å². The van der Waals surface area contributed by atoms with E-state index in [1.54, 1.807) is 0 Å². The molecular weight excluding hydrogens is 340 g/mol. The van der Waals surface area contributed by atoms with Crippen LogP contribution in [0.25, 0.3) is 11.1 Å². The lowest BCUT2D eigenvalue weighted by Crippen LogP contribution is -2.44. The Morgan fingerprint density at radius 1 is 1.00 bits per heavy atom. The number of hydrogen-bond acceptors (Lipinski definition) is 4. The van der Waals surface area contributed by atoms with Crippen LogP contribution in [-0.4, -0.2) is 42.3 Å². The molecule has 2 aromatic carbocycles. The van der Waals surface area contributed by atoms with Crippen molar-refractivity contribution in [3.8, 4) is 11.1 Å². The average molecular weight is 362 g/mol. The van der Waals surface area contributed by atoms with Crippen LogP contribution >= 0.6 is 0 Å². The molecule has 138 valence electrons. The highest BCUT2D eigenvalue weighted by Gasteiger charge is 2.13. The molecule has 0 unspecified atom stereocenters. The molecule has 6 heteroatoms. The van der Waals surface area contributed by atoms with Crippen molar-refractivity contribution in [3.05, 3.63) is 71.9 Å². The number of benzene rings is 2. The zero-order valence-electron chi connectivity index (χ0n) is 15.0. The summed E-state index contributed by atoms with van der Waals surface area (Å²) in [5, 5.41) is 4.11. The van der Waals surface area contributed by atoms with Gasteiger partial charge in [0.25, 0.3) is 5.88 Å². The number of aromatic nitrogens is 1. The Hall–Kier alpha value is -3.12. The first-order valence-electron chi connectivity index (χ1n) is 9.05. The summed E-state index contributed by atoms with van der Waals surface area (Å²) in [6.07, 6.45) is 0.686. The Morgan fingerprint density at radius 2 is 1.70 bits per heavy atom. The van der Waals surface area contributed by atoms with Crippen LogP contribution in [0.4, 0.5) is 5.88 Å². The predicted octanol–water partition coefficient (Wildman–Crippen LogP) is 3.21. The number of aliphatic imine (C=N–C) groups is 1. The van der Waals surface area contributed by atoms with E-state index in [1.165, 1.54) is 16.7 Å². The zero-order chi connectivity index (χ0) is 18.5. The molecule has 3 aromatic rings. The third-order valence-electron chi connectivity index (χ3n) is 4.55. The van der Waals surface area contributed by atoms with Gasteiger partial charge in [0.1, 0.15) is 0 Å². The van der Waals surface area contributed by atoms with Crippen LogP contribution < -0.4 is 5.73 Å². The van der Waals surface area contributed by atoms with Gasteiger partial charge < -0.3 is 19.9 Å². The minimum absolute atomic E-state index is 0.426. The summed E-state index contributed by atoms with van der Waals surface area (Å²) in [4.78, 5) is 6.31. The van der Waals surface area contributed by atoms with Gasteiger partial charge in [-0.25, -0.2) is 0 Å². The van der Waals surface area contributed by atoms with Crippen LogP contribution in [0.15, 0.2) is 70.2 Å². The van der Waals surface area contributed by atoms with Crippen molar-refractivity contribution >= 4 is 11.8 Å². The van der Waals surface area contributed by atoms with Crippen LogP contribution in [0.3, 0.4) is 0 Å². The minimum Gasteiger partial charge on any atom is -0.378 e. The highest BCUT2D eigenvalue weighted by atomic mass is 16.5. The fourth-order valence-electron chi connectivity index (χ4n) is 3.07. The monoisotopic (exact) mass is 362 g/mol. The molecule has 1 aromatic heterocycles. The fraction of sp³-hybridized carbons (Fsp3) is 0.238. The average Bonchev–Trinajstić information content (AvgIpc) is 3.16. The van der Waals surface area contributed by atoms with E-state index in [-0.39, 0.29) is 0 Å². The first kappa shape index (κ1) is 17.3. The summed E-state index contributed by atoms with van der Waals surface area (Å²) < 4.78 is 10.6. The number of rotatable bonds is 4. The lowest BCUT2D eigenvalue weighted by molar-refractivity contribution is 0.0675. The summed E-state index contributed by atoms with van der Waals surface area (Å²) in [5.74, 6) is 0.864. The van der Waals surface area contributed by atoms with Crippen LogP contribution in [0.5, 0.6) is 0 Å². The van der Waals surface area contributed by atoms with Crippen LogP contribution in [0, 0.1) is 0 Å². The maximum absolute atomic E-state index is 6.05. The summed E-state index contributed by atoms with van der Waals surface area (Å²) in [6, 6.07) is 20.6. The Bertz CT molecular complexity index is 897. The normalized spacial score (nSPS) is 15.1. The van der Waals surface area contributed by atoms with E-state index in [9.17, 15) is 0 Å². The van der Waals surface area contributed by atoms with Gasteiger partial charge in [-0.05, 0) is 16.7 Å². The molecule has 1 saturated heterocycles. The Balaban J connectivity index is 1.42. The van der Waals surface area contributed by atoms with Gasteiger partial charge in [-0.15, -0.1) is 0 Å². The lowest BCUT2D eigenvalue weighted by atomic mass is 10.0. The Morgan fingerprint density at radius 3 is 2.44 bits per heavy atom. The van der Waals surface area contributed by atoms with Crippen molar-refractivity contribution in [3.63, 3.8) is 0 Å². The van der Waals surface area contributed by atoms with Gasteiger partial charge in [0.05, 0.1) is 18.9 Å². The third kappa shape index (κ3) is 4.35. The summed E-state index contributed by atoms with van der Waals surface area (Å²) in [5.41, 5.74) is 10.4. The number of morpholine rings is 1. The number of hydrogen-bond donors (Lipinski definition) is 1. The molecule has 0 atom stereocenters. The van der Waals surface area contributed by atoms with Gasteiger partial charge in [-0.1, -0.05) is 59.8 Å². The molecule has 0 aliphatic carbocycles. The standard InChI is InChI=1S/C21H22N4O2/c22-21(25-10-12-26-13-11-25)23-20-15-19(24-27-20)14-16-6-8-18(9-7-16)17-4-2-1-3-5-17/h1-9,15H,10-14H2,(H2,22,23). The van der Waals surface area contributed by atoms with Crippen molar-refractivity contribution in [2.75, 3.05) is 26.3 Å². The van der Waals surface area contributed by atoms with Gasteiger partial charge in [0.15, 0.2) is 5.96 Å². The molecular formula is C21H22N4O2. The van der Waals surface area contributed by atoms with Gasteiger partial charge >= 0.3 is 0 Å². The SMILES string of the molecule is N/C(=N/c1cc(Cc2ccc(-c3ccccc3)cc2)no1)N1CCOCC1. The van der Waals surface area contributed by atoms with E-state index in [1.807, 2.05) is 29.2 Å². The Labute approximate surface area is 158 Å². The summed E-state index contributed by atoms with van der Waals surface area (Å²) in [7, 11) is 0. The number of nitrogens with two attached hydrogens (primary N) is 1. The van der Waals surface area contributed by atoms with Crippen molar-refractivity contribution in [1.82, 2.24) is 10.1 Å². The molecule has 1 aliphatic heterocycles. The smallest absolute Gasteiger partial charge is 0.253 e. The van der Waals surface area contributed by atoms with Gasteiger partial charge in [0.2, 0.25) is 0 Å². The molecule has 0 bridgehead atoms. The van der Waals surface area contributed by atoms with Crippen LogP contribution in [0.2, 0.25) is 0 Å². The molecule has 4 rings (SSSR count). The molecule has 1 aliphatic rings. The van der Waals surface area contributed by atoms with Crippen molar-refractivity contribution in [2.24, 2.45) is 10.7 Å². The summed E-state index contributed by atoms with van der Waals surface area (Å²) >= 11 is 0. The molecule has 27 heavy (non-hydrogen) atoms. The van der Waals surface area contributed by atoms with E-state index in [4.69, 9.17) is 15.0 Å². The largest absolute Gasteiger partial charge is 0.378 e. The molecule has 1 fully saturated rings. The van der Waals surface area contributed by atoms with Gasteiger partial charge in [0, 0.05) is 25.6 Å². The number of nitrogens with zero attached hydrogens (tertiary/aromatic N) is 3. The number of ether oxygens (including phenoxy) is 1. The topological polar surface area (TPSA) is 76.9 Å². The maximum Gasteiger partial charge on any atom is 0.253 e. The van der Waals surface area contributed by atoms with Crippen molar-refractivity contribution in [2.45, 2.75) is 6.42 Å². The second-order valence-electron chi connectivity index (χ2n) is 6.47. The van der Waals surface area contributed by atoms with E-state index >= 15 is 0 Å². The molecule has 0 spiro atoms. The van der Waals surface area contributed by atoms with E-state index in [0.29, 0.717) is 31.5 Å². The molecule has 2 N–H and O–H groups in total. The minimum atomic E-state index is 0.426. The summed E-state index contributed by atoms with van der Waals surface area (Å²) in [6.45, 7) is 2.81. The van der Waals surface area contributed by atoms with E-state index in [2.05, 4.69) is 46.5 Å².